The fourth-order valence-corrected chi connectivity index (χ4v) is 4.18. The van der Waals surface area contributed by atoms with Gasteiger partial charge >= 0.3 is 6.03 Å². The summed E-state index contributed by atoms with van der Waals surface area (Å²) in [7, 11) is 1.54. The van der Waals surface area contributed by atoms with E-state index in [2.05, 4.69) is 10.6 Å². The fraction of sp³-hybridized carbons (Fsp3) is 0.421. The van der Waals surface area contributed by atoms with Crippen LogP contribution in [0.3, 0.4) is 0 Å². The van der Waals surface area contributed by atoms with Gasteiger partial charge < -0.3 is 10.1 Å². The molecule has 2 unspecified atom stereocenters. The van der Waals surface area contributed by atoms with Crippen LogP contribution in [0.5, 0.6) is 5.75 Å². The molecule has 2 aromatic rings. The van der Waals surface area contributed by atoms with Gasteiger partial charge in [0.25, 0.3) is 5.91 Å². The van der Waals surface area contributed by atoms with E-state index in [4.69, 9.17) is 16.3 Å². The van der Waals surface area contributed by atoms with E-state index >= 15 is 0 Å². The lowest BCUT2D eigenvalue weighted by molar-refractivity contribution is -0.125. The maximum Gasteiger partial charge on any atom is 0.322 e. The summed E-state index contributed by atoms with van der Waals surface area (Å²) in [6.07, 6.45) is 5.47. The van der Waals surface area contributed by atoms with Crippen molar-refractivity contribution in [3.63, 3.8) is 0 Å². The molecule has 7 nitrogen and oxygen atoms in total. The first kappa shape index (κ1) is 17.9. The van der Waals surface area contributed by atoms with Crippen LogP contribution in [0.25, 0.3) is 10.8 Å². The molecule has 2 aliphatic rings. The molecule has 1 aromatic carbocycles. The smallest absolute Gasteiger partial charge is 0.322 e. The van der Waals surface area contributed by atoms with Crippen LogP contribution in [0.1, 0.15) is 31.0 Å². The summed E-state index contributed by atoms with van der Waals surface area (Å²) in [6, 6.07) is 3.04. The number of nitrogens with one attached hydrogen (secondary N) is 2. The number of methoxy groups -OCH3 is 1. The van der Waals surface area contributed by atoms with Gasteiger partial charge in [-0.05, 0) is 37.3 Å². The lowest BCUT2D eigenvalue weighted by atomic mass is 9.83. The Morgan fingerprint density at radius 1 is 1.33 bits per heavy atom. The molecule has 1 saturated heterocycles. The lowest BCUT2D eigenvalue weighted by Crippen LogP contribution is -2.51. The number of hydrogen-bond acceptors (Lipinski definition) is 4. The zero-order valence-electron chi connectivity index (χ0n) is 15.0. The number of hydrogen-bond donors (Lipinski definition) is 2. The van der Waals surface area contributed by atoms with Gasteiger partial charge in [0.1, 0.15) is 11.3 Å². The van der Waals surface area contributed by atoms with Gasteiger partial charge in [0.05, 0.1) is 12.1 Å². The van der Waals surface area contributed by atoms with Crippen LogP contribution >= 0.6 is 11.6 Å². The Kier molecular flexibility index (Phi) is 4.14. The first-order chi connectivity index (χ1) is 12.8. The van der Waals surface area contributed by atoms with Crippen LogP contribution in [0, 0.1) is 11.8 Å². The molecule has 4 rings (SSSR count). The third-order valence-electron chi connectivity index (χ3n) is 5.46. The quantitative estimate of drug-likeness (QED) is 0.769. The highest BCUT2D eigenvalue weighted by atomic mass is 35.5. The number of carbonyl (C=O) groups is 3. The normalized spacial score (nSPS) is 23.2. The van der Waals surface area contributed by atoms with Crippen molar-refractivity contribution in [2.45, 2.75) is 31.7 Å². The molecular formula is C19H20ClN3O4. The summed E-state index contributed by atoms with van der Waals surface area (Å²) in [5, 5.41) is 7.22. The van der Waals surface area contributed by atoms with Crippen LogP contribution in [-0.2, 0) is 4.79 Å². The van der Waals surface area contributed by atoms with Gasteiger partial charge in [-0.3, -0.25) is 19.5 Å². The summed E-state index contributed by atoms with van der Waals surface area (Å²) < 4.78 is 6.73. The number of halogens is 1. The molecule has 1 aliphatic carbocycles. The van der Waals surface area contributed by atoms with Gasteiger partial charge in [-0.25, -0.2) is 4.79 Å². The second kappa shape index (κ2) is 6.27. The predicted octanol–water partition coefficient (Wildman–Crippen LogP) is 2.96. The van der Waals surface area contributed by atoms with Crippen LogP contribution < -0.4 is 15.4 Å². The highest BCUT2D eigenvalue weighted by Crippen LogP contribution is 2.44. The molecule has 0 radical (unpaired) electrons. The zero-order valence-corrected chi connectivity index (χ0v) is 15.8. The number of fused-ring (bicyclic) bond motifs is 1. The van der Waals surface area contributed by atoms with Crippen molar-refractivity contribution in [1.82, 2.24) is 15.2 Å². The van der Waals surface area contributed by atoms with E-state index in [9.17, 15) is 14.4 Å². The molecule has 2 N–H and O–H groups in total. The van der Waals surface area contributed by atoms with E-state index < -0.39 is 17.5 Å². The summed E-state index contributed by atoms with van der Waals surface area (Å²) in [5.41, 5.74) is -0.981. The summed E-state index contributed by atoms with van der Waals surface area (Å²) in [5.74, 6) is -0.292. The Morgan fingerprint density at radius 2 is 2.00 bits per heavy atom. The third-order valence-corrected chi connectivity index (χ3v) is 5.76. The minimum absolute atomic E-state index is 0.0889. The Hall–Kier alpha value is -2.54. The van der Waals surface area contributed by atoms with Crippen molar-refractivity contribution in [3.05, 3.63) is 29.5 Å². The van der Waals surface area contributed by atoms with Crippen molar-refractivity contribution in [2.24, 2.45) is 11.8 Å². The zero-order chi connectivity index (χ0) is 19.3. The molecule has 0 bridgehead atoms. The van der Waals surface area contributed by atoms with E-state index in [1.54, 1.807) is 31.5 Å². The van der Waals surface area contributed by atoms with Crippen molar-refractivity contribution in [2.75, 3.05) is 7.11 Å². The first-order valence-corrected chi connectivity index (χ1v) is 9.25. The van der Waals surface area contributed by atoms with Crippen LogP contribution in [0.15, 0.2) is 24.5 Å². The van der Waals surface area contributed by atoms with Crippen molar-refractivity contribution in [3.8, 4) is 5.75 Å². The second-order valence-corrected chi connectivity index (χ2v) is 7.79. The highest BCUT2D eigenvalue weighted by Gasteiger charge is 2.56. The molecule has 2 fully saturated rings. The molecule has 2 atom stereocenters. The number of aromatic nitrogens is 1. The Labute approximate surface area is 161 Å². The van der Waals surface area contributed by atoms with E-state index in [-0.39, 0.29) is 24.2 Å². The van der Waals surface area contributed by atoms with E-state index in [0.29, 0.717) is 10.8 Å². The molecule has 142 valence electrons. The largest absolute Gasteiger partial charge is 0.495 e. The van der Waals surface area contributed by atoms with Gasteiger partial charge in [0.15, 0.2) is 0 Å². The molecule has 27 heavy (non-hydrogen) atoms. The first-order valence-electron chi connectivity index (χ1n) is 8.87. The maximum atomic E-state index is 13.0. The van der Waals surface area contributed by atoms with Gasteiger partial charge in [-0.1, -0.05) is 18.5 Å². The average Bonchev–Trinajstić information content (AvgIpc) is 3.34. The minimum Gasteiger partial charge on any atom is -0.495 e. The van der Waals surface area contributed by atoms with Crippen LogP contribution in [0.4, 0.5) is 4.79 Å². The molecular weight excluding hydrogens is 370 g/mol. The molecule has 2 heterocycles. The number of imide groups is 1. The SMILES string of the molecule is COc1cc2cn(C(=O)C(C)CC3(C4CC4)NC(=O)NC3=O)cc2cc1Cl. The van der Waals surface area contributed by atoms with Gasteiger partial charge in [0.2, 0.25) is 5.91 Å². The summed E-state index contributed by atoms with van der Waals surface area (Å²) >= 11 is 6.15. The monoisotopic (exact) mass is 389 g/mol. The standard InChI is InChI=1S/C19H20ClN3O4/c1-10(7-19(13-3-4-13)17(25)21-18(26)22-19)16(24)23-8-11-5-14(20)15(27-2)6-12(11)9-23/h5-6,8-10,13H,3-4,7H2,1-2H3,(H2,21,22,25,26). The number of amides is 3. The molecule has 3 amide bonds. The number of rotatable bonds is 5. The Morgan fingerprint density at radius 3 is 2.56 bits per heavy atom. The van der Waals surface area contributed by atoms with Crippen LogP contribution in [-0.4, -0.2) is 35.1 Å². The topological polar surface area (TPSA) is 89.4 Å². The average molecular weight is 390 g/mol. The number of ether oxygens (including phenoxy) is 1. The minimum atomic E-state index is -0.981. The lowest BCUT2D eigenvalue weighted by Gasteiger charge is -2.28. The number of urea groups is 1. The van der Waals surface area contributed by atoms with Gasteiger partial charge in [0, 0.05) is 29.1 Å². The number of benzene rings is 1. The van der Waals surface area contributed by atoms with E-state index in [0.717, 1.165) is 23.6 Å². The second-order valence-electron chi connectivity index (χ2n) is 7.38. The number of nitrogens with zero attached hydrogens (tertiary/aromatic N) is 1. The molecule has 1 aliphatic heterocycles. The third kappa shape index (κ3) is 2.96. The Bertz CT molecular complexity index is 965. The molecule has 1 aromatic heterocycles. The molecule has 1 saturated carbocycles. The Balaban J connectivity index is 1.59. The van der Waals surface area contributed by atoms with Crippen molar-refractivity contribution in [1.29, 1.82) is 0 Å². The van der Waals surface area contributed by atoms with E-state index in [1.165, 1.54) is 11.7 Å². The van der Waals surface area contributed by atoms with Crippen molar-refractivity contribution >= 4 is 40.2 Å². The summed E-state index contributed by atoms with van der Waals surface area (Å²) in [4.78, 5) is 37.0. The maximum absolute atomic E-state index is 13.0. The summed E-state index contributed by atoms with van der Waals surface area (Å²) in [6.45, 7) is 1.78. The van der Waals surface area contributed by atoms with E-state index in [1.807, 2.05) is 0 Å². The fourth-order valence-electron chi connectivity index (χ4n) is 3.93. The molecule has 8 heteroatoms. The highest BCUT2D eigenvalue weighted by molar-refractivity contribution is 6.32. The molecule has 0 spiro atoms. The van der Waals surface area contributed by atoms with Crippen LogP contribution in [0.2, 0.25) is 5.02 Å². The predicted molar refractivity (Wildman–Crippen MR) is 100 cm³/mol. The number of carbonyl (C=O) groups excluding carboxylic acids is 3. The van der Waals surface area contributed by atoms with Crippen molar-refractivity contribution < 1.29 is 19.1 Å². The van der Waals surface area contributed by atoms with Gasteiger partial charge in [-0.2, -0.15) is 0 Å². The van der Waals surface area contributed by atoms with Gasteiger partial charge in [-0.15, -0.1) is 0 Å².